The van der Waals surface area contributed by atoms with Crippen LogP contribution in [0.2, 0.25) is 0 Å². The summed E-state index contributed by atoms with van der Waals surface area (Å²) in [6.45, 7) is 2.69. The second kappa shape index (κ2) is 11.9. The second-order valence-corrected chi connectivity index (χ2v) is 8.01. The van der Waals surface area contributed by atoms with Gasteiger partial charge in [0.25, 0.3) is 0 Å². The maximum Gasteiger partial charge on any atom is 0.224 e. The Morgan fingerprint density at radius 1 is 1.21 bits per heavy atom. The number of halogens is 2. The molecule has 2 N–H and O–H groups in total. The van der Waals surface area contributed by atoms with Gasteiger partial charge in [0.1, 0.15) is 5.75 Å². The molecule has 0 spiro atoms. The number of nitrogens with one attached hydrogen (secondary N) is 2. The van der Waals surface area contributed by atoms with Crippen molar-refractivity contribution in [2.75, 3.05) is 19.8 Å². The summed E-state index contributed by atoms with van der Waals surface area (Å²) in [5, 5.41) is 5.81. The lowest BCUT2D eigenvalue weighted by Gasteiger charge is -2.14. The Hall–Kier alpha value is -1.87. The Morgan fingerprint density at radius 3 is 2.57 bits per heavy atom. The Morgan fingerprint density at radius 2 is 1.93 bits per heavy atom. The number of pyridine rings is 1. The van der Waals surface area contributed by atoms with Crippen LogP contribution in [0.5, 0.6) is 11.6 Å². The standard InChI is InChI=1S/C18H23N3O4S.2ClH/c1-13(11-19-2)17(22)21-12-14-6-5-9-20-18(14)25-15-7-4-8-16(10-15)26(3,23)24;;/h4-10,13,19H,11-12H2,1-3H3,(H,21,22);2*1H. The first-order chi connectivity index (χ1) is 12.3. The zero-order valence-electron chi connectivity index (χ0n) is 15.8. The number of rotatable bonds is 8. The second-order valence-electron chi connectivity index (χ2n) is 5.99. The van der Waals surface area contributed by atoms with Gasteiger partial charge in [-0.3, -0.25) is 4.79 Å². The van der Waals surface area contributed by atoms with Crippen molar-refractivity contribution in [1.29, 1.82) is 0 Å². The average molecular weight is 450 g/mol. The normalized spacial score (nSPS) is 11.5. The lowest BCUT2D eigenvalue weighted by molar-refractivity contribution is -0.124. The fourth-order valence-corrected chi connectivity index (χ4v) is 2.94. The monoisotopic (exact) mass is 449 g/mol. The predicted molar refractivity (Wildman–Crippen MR) is 113 cm³/mol. The van der Waals surface area contributed by atoms with Crippen LogP contribution in [0.25, 0.3) is 0 Å². The van der Waals surface area contributed by atoms with Crippen LogP contribution in [-0.2, 0) is 21.2 Å². The molecule has 1 heterocycles. The molecule has 0 saturated carbocycles. The van der Waals surface area contributed by atoms with Crippen molar-refractivity contribution >= 4 is 40.6 Å². The molecular weight excluding hydrogens is 425 g/mol. The highest BCUT2D eigenvalue weighted by atomic mass is 35.5. The van der Waals surface area contributed by atoms with Gasteiger partial charge in [-0.05, 0) is 31.3 Å². The van der Waals surface area contributed by atoms with Crippen LogP contribution in [-0.4, -0.2) is 39.2 Å². The Bertz CT molecular complexity index is 879. The zero-order valence-corrected chi connectivity index (χ0v) is 18.3. The molecule has 1 atom stereocenters. The first-order valence-corrected chi connectivity index (χ1v) is 10.0. The van der Waals surface area contributed by atoms with E-state index in [4.69, 9.17) is 4.74 Å². The minimum absolute atomic E-state index is 0. The molecule has 2 rings (SSSR count). The number of hydrogen-bond acceptors (Lipinski definition) is 6. The fourth-order valence-electron chi connectivity index (χ4n) is 2.29. The number of hydrogen-bond donors (Lipinski definition) is 2. The van der Waals surface area contributed by atoms with Crippen LogP contribution in [0.3, 0.4) is 0 Å². The molecule has 28 heavy (non-hydrogen) atoms. The summed E-state index contributed by atoms with van der Waals surface area (Å²) in [6.07, 6.45) is 2.71. The van der Waals surface area contributed by atoms with Crippen LogP contribution in [0.15, 0.2) is 47.5 Å². The number of nitrogens with zero attached hydrogens (tertiary/aromatic N) is 1. The van der Waals surface area contributed by atoms with Crippen LogP contribution in [0.1, 0.15) is 12.5 Å². The molecule has 2 aromatic rings. The lowest BCUT2D eigenvalue weighted by atomic mass is 10.1. The van der Waals surface area contributed by atoms with Crippen molar-refractivity contribution in [3.05, 3.63) is 48.2 Å². The van der Waals surface area contributed by atoms with Gasteiger partial charge in [-0.2, -0.15) is 0 Å². The average Bonchev–Trinajstić information content (AvgIpc) is 2.60. The highest BCUT2D eigenvalue weighted by Gasteiger charge is 2.14. The minimum Gasteiger partial charge on any atom is -0.439 e. The molecule has 0 bridgehead atoms. The molecule has 7 nitrogen and oxygen atoms in total. The molecular formula is C18H25Cl2N3O4S. The van der Waals surface area contributed by atoms with Gasteiger partial charge in [0.05, 0.1) is 4.90 Å². The van der Waals surface area contributed by atoms with Crippen molar-refractivity contribution in [3.63, 3.8) is 0 Å². The molecule has 1 aromatic heterocycles. The molecule has 0 aliphatic carbocycles. The van der Waals surface area contributed by atoms with Crippen molar-refractivity contribution in [2.24, 2.45) is 5.92 Å². The number of benzene rings is 1. The molecule has 1 aromatic carbocycles. The number of sulfone groups is 1. The molecule has 0 radical (unpaired) electrons. The lowest BCUT2D eigenvalue weighted by Crippen LogP contribution is -2.34. The fraction of sp³-hybridized carbons (Fsp3) is 0.333. The first-order valence-electron chi connectivity index (χ1n) is 8.15. The van der Waals surface area contributed by atoms with Crippen LogP contribution < -0.4 is 15.4 Å². The summed E-state index contributed by atoms with van der Waals surface area (Å²) >= 11 is 0. The highest BCUT2D eigenvalue weighted by Crippen LogP contribution is 2.25. The third-order valence-electron chi connectivity index (χ3n) is 3.71. The summed E-state index contributed by atoms with van der Waals surface area (Å²) < 4.78 is 29.1. The van der Waals surface area contributed by atoms with E-state index in [0.29, 0.717) is 23.7 Å². The summed E-state index contributed by atoms with van der Waals surface area (Å²) in [4.78, 5) is 16.4. The number of carbonyl (C=O) groups is 1. The third-order valence-corrected chi connectivity index (χ3v) is 4.82. The number of aromatic nitrogens is 1. The van der Waals surface area contributed by atoms with Gasteiger partial charge in [-0.15, -0.1) is 24.8 Å². The van der Waals surface area contributed by atoms with Gasteiger partial charge in [-0.1, -0.05) is 19.1 Å². The van der Waals surface area contributed by atoms with Crippen LogP contribution in [0.4, 0.5) is 0 Å². The summed E-state index contributed by atoms with van der Waals surface area (Å²) in [7, 11) is -1.53. The summed E-state index contributed by atoms with van der Waals surface area (Å²) in [5.41, 5.74) is 0.697. The maximum atomic E-state index is 12.1. The SMILES string of the molecule is CNCC(C)C(=O)NCc1cccnc1Oc1cccc(S(C)(=O)=O)c1.Cl.Cl. The van der Waals surface area contributed by atoms with E-state index in [-0.39, 0.29) is 48.1 Å². The van der Waals surface area contributed by atoms with E-state index in [1.165, 1.54) is 12.1 Å². The third kappa shape index (κ3) is 7.63. The Balaban J connectivity index is 0.00000364. The molecule has 1 unspecified atom stereocenters. The van der Waals surface area contributed by atoms with E-state index in [2.05, 4.69) is 15.6 Å². The zero-order chi connectivity index (χ0) is 19.2. The number of carbonyl (C=O) groups excluding carboxylic acids is 1. The number of ether oxygens (including phenoxy) is 1. The van der Waals surface area contributed by atoms with Gasteiger partial charge >= 0.3 is 0 Å². The van der Waals surface area contributed by atoms with Gasteiger partial charge in [0.2, 0.25) is 11.8 Å². The maximum absolute atomic E-state index is 12.1. The van der Waals surface area contributed by atoms with Gasteiger partial charge in [-0.25, -0.2) is 13.4 Å². The molecule has 0 aliphatic rings. The van der Waals surface area contributed by atoms with Gasteiger partial charge in [0, 0.05) is 37.0 Å². The van der Waals surface area contributed by atoms with Crippen LogP contribution in [0, 0.1) is 5.92 Å². The molecule has 0 fully saturated rings. The summed E-state index contributed by atoms with van der Waals surface area (Å²) in [5.74, 6) is 0.447. The molecule has 156 valence electrons. The largest absolute Gasteiger partial charge is 0.439 e. The van der Waals surface area contributed by atoms with E-state index in [1.807, 2.05) is 6.92 Å². The highest BCUT2D eigenvalue weighted by molar-refractivity contribution is 7.90. The van der Waals surface area contributed by atoms with Crippen molar-refractivity contribution < 1.29 is 17.9 Å². The first kappa shape index (κ1) is 26.1. The van der Waals surface area contributed by atoms with E-state index in [0.717, 1.165) is 6.26 Å². The molecule has 1 amide bonds. The van der Waals surface area contributed by atoms with E-state index in [1.54, 1.807) is 37.5 Å². The van der Waals surface area contributed by atoms with E-state index in [9.17, 15) is 13.2 Å². The smallest absolute Gasteiger partial charge is 0.224 e. The van der Waals surface area contributed by atoms with E-state index < -0.39 is 9.84 Å². The topological polar surface area (TPSA) is 97.4 Å². The van der Waals surface area contributed by atoms with Crippen molar-refractivity contribution in [3.8, 4) is 11.6 Å². The van der Waals surface area contributed by atoms with Gasteiger partial charge in [0.15, 0.2) is 9.84 Å². The molecule has 0 saturated heterocycles. The predicted octanol–water partition coefficient (Wildman–Crippen LogP) is 2.59. The number of amides is 1. The van der Waals surface area contributed by atoms with Crippen LogP contribution >= 0.6 is 24.8 Å². The quantitative estimate of drug-likeness (QED) is 0.642. The summed E-state index contributed by atoms with van der Waals surface area (Å²) in [6, 6.07) is 9.76. The molecule has 10 heteroatoms. The minimum atomic E-state index is -3.33. The van der Waals surface area contributed by atoms with Crippen molar-refractivity contribution in [1.82, 2.24) is 15.6 Å². The van der Waals surface area contributed by atoms with Gasteiger partial charge < -0.3 is 15.4 Å². The van der Waals surface area contributed by atoms with E-state index >= 15 is 0 Å². The Labute approximate surface area is 178 Å². The Kier molecular flexibility index (Phi) is 11.1. The molecule has 0 aliphatic heterocycles. The van der Waals surface area contributed by atoms with Crippen molar-refractivity contribution in [2.45, 2.75) is 18.4 Å².